The van der Waals surface area contributed by atoms with Crippen LogP contribution in [-0.2, 0) is 27.9 Å². The summed E-state index contributed by atoms with van der Waals surface area (Å²) in [6.45, 7) is 5.25. The van der Waals surface area contributed by atoms with Crippen molar-refractivity contribution in [3.05, 3.63) is 60.8 Å². The predicted octanol–water partition coefficient (Wildman–Crippen LogP) is 13.9. The molecule has 0 aromatic carbocycles. The highest BCUT2D eigenvalue weighted by Crippen LogP contribution is 2.38. The molecule has 2 unspecified atom stereocenters. The molecule has 0 aliphatic carbocycles. The molecule has 0 radical (unpaired) electrons. The Morgan fingerprint density at radius 1 is 0.542 bits per heavy atom. The third kappa shape index (κ3) is 47.1. The van der Waals surface area contributed by atoms with Crippen molar-refractivity contribution >= 4 is 13.8 Å². The van der Waals surface area contributed by atoms with Gasteiger partial charge in [0.2, 0.25) is 0 Å². The average Bonchev–Trinajstić information content (AvgIpc) is 3.19. The first-order chi connectivity index (χ1) is 28.6. The summed E-state index contributed by atoms with van der Waals surface area (Å²) in [7, 11) is 1.34. The molecule has 0 heterocycles. The topological polar surface area (TPSA) is 94.1 Å². The number of hydrogen-bond acceptors (Lipinski definition) is 7. The van der Waals surface area contributed by atoms with Gasteiger partial charge in [-0.2, -0.15) is 0 Å². The number of hydrogen-bond donors (Lipinski definition) is 0. The van der Waals surface area contributed by atoms with Gasteiger partial charge in [0.25, 0.3) is 7.82 Å². The van der Waals surface area contributed by atoms with E-state index in [0.717, 1.165) is 83.5 Å². The second-order valence-electron chi connectivity index (χ2n) is 17.1. The minimum Gasteiger partial charge on any atom is -0.756 e. The largest absolute Gasteiger partial charge is 0.756 e. The van der Waals surface area contributed by atoms with Crippen LogP contribution >= 0.6 is 7.82 Å². The van der Waals surface area contributed by atoms with E-state index in [1.54, 1.807) is 0 Å². The van der Waals surface area contributed by atoms with E-state index in [4.69, 9.17) is 18.5 Å². The van der Waals surface area contributed by atoms with Crippen LogP contribution in [0.5, 0.6) is 0 Å². The van der Waals surface area contributed by atoms with Gasteiger partial charge in [-0.1, -0.05) is 190 Å². The molecule has 0 aromatic rings. The number of likely N-dealkylation sites (N-methyl/N-ethyl adjacent to an activating group) is 1. The molecule has 344 valence electrons. The molecule has 0 rings (SSSR count). The van der Waals surface area contributed by atoms with Crippen molar-refractivity contribution in [1.82, 2.24) is 0 Å². The summed E-state index contributed by atoms with van der Waals surface area (Å²) in [5.74, 6) is -0.343. The standard InChI is InChI=1S/C50H92NO7P/c1-6-8-10-12-14-16-18-20-22-24-25-26-28-30-32-34-36-38-40-42-45-55-47-49(48-57-59(53,54)56-46-44-51(3,4)5)58-50(52)43-41-39-37-35-33-31-29-27-23-21-19-17-15-13-11-9-7-2/h8,10,14,16,20,22,25-26,30,32,49H,6-7,9,11-13,15,17-19,21,23-24,27-29,31,33-48H2,1-5H3/b10-8-,16-14-,22-20-,26-25-,32-30-. The number of quaternary nitrogens is 1. The van der Waals surface area contributed by atoms with Crippen LogP contribution in [-0.4, -0.2) is 70.7 Å². The summed E-state index contributed by atoms with van der Waals surface area (Å²) in [4.78, 5) is 25.1. The van der Waals surface area contributed by atoms with Gasteiger partial charge in [0.1, 0.15) is 19.3 Å². The van der Waals surface area contributed by atoms with Gasteiger partial charge in [0.05, 0.1) is 34.4 Å². The lowest BCUT2D eigenvalue weighted by Gasteiger charge is -2.28. The van der Waals surface area contributed by atoms with Gasteiger partial charge in [-0.15, -0.1) is 0 Å². The van der Waals surface area contributed by atoms with Crippen molar-refractivity contribution in [2.45, 2.75) is 200 Å². The van der Waals surface area contributed by atoms with Gasteiger partial charge in [0, 0.05) is 13.0 Å². The van der Waals surface area contributed by atoms with Crippen LogP contribution in [0.3, 0.4) is 0 Å². The molecule has 0 saturated carbocycles. The molecule has 0 fully saturated rings. The van der Waals surface area contributed by atoms with E-state index < -0.39 is 13.9 Å². The molecular weight excluding hydrogens is 758 g/mol. The predicted molar refractivity (Wildman–Crippen MR) is 249 cm³/mol. The van der Waals surface area contributed by atoms with Gasteiger partial charge >= 0.3 is 5.97 Å². The monoisotopic (exact) mass is 850 g/mol. The molecule has 9 heteroatoms. The third-order valence-electron chi connectivity index (χ3n) is 10.1. The lowest BCUT2D eigenvalue weighted by atomic mass is 10.0. The Kier molecular flexibility index (Phi) is 41.6. The normalized spacial score (nSPS) is 14.2. The molecule has 8 nitrogen and oxygen atoms in total. The summed E-state index contributed by atoms with van der Waals surface area (Å²) >= 11 is 0. The highest BCUT2D eigenvalue weighted by atomic mass is 31.2. The second-order valence-corrected chi connectivity index (χ2v) is 18.5. The van der Waals surface area contributed by atoms with E-state index in [1.165, 1.54) is 89.9 Å². The molecule has 0 aromatic heterocycles. The van der Waals surface area contributed by atoms with E-state index in [9.17, 15) is 14.3 Å². The molecule has 0 aliphatic rings. The highest BCUT2D eigenvalue weighted by molar-refractivity contribution is 7.45. The van der Waals surface area contributed by atoms with Crippen LogP contribution in [0.15, 0.2) is 60.8 Å². The van der Waals surface area contributed by atoms with E-state index in [-0.39, 0.29) is 25.8 Å². The third-order valence-corrected chi connectivity index (χ3v) is 11.0. The number of carbonyl (C=O) groups is 1. The summed E-state index contributed by atoms with van der Waals surface area (Å²) in [6, 6.07) is 0. The Hall–Kier alpha value is -1.80. The first kappa shape index (κ1) is 57.2. The molecule has 0 amide bonds. The summed E-state index contributed by atoms with van der Waals surface area (Å²) in [5.41, 5.74) is 0. The fourth-order valence-corrected chi connectivity index (χ4v) is 7.13. The van der Waals surface area contributed by atoms with Crippen molar-refractivity contribution < 1.29 is 37.3 Å². The maximum atomic E-state index is 12.7. The molecule has 0 N–H and O–H groups in total. The van der Waals surface area contributed by atoms with Gasteiger partial charge in [0.15, 0.2) is 0 Å². The van der Waals surface area contributed by atoms with Gasteiger partial charge < -0.3 is 27.9 Å². The Bertz CT molecular complexity index is 1130. The average molecular weight is 850 g/mol. The first-order valence-electron chi connectivity index (χ1n) is 24.0. The molecular formula is C50H92NO7P. The molecule has 0 saturated heterocycles. The zero-order chi connectivity index (χ0) is 43.4. The van der Waals surface area contributed by atoms with Crippen molar-refractivity contribution in [2.75, 3.05) is 54.1 Å². The lowest BCUT2D eigenvalue weighted by Crippen LogP contribution is -2.37. The zero-order valence-electron chi connectivity index (χ0n) is 38.9. The Morgan fingerprint density at radius 3 is 1.47 bits per heavy atom. The Balaban J connectivity index is 4.24. The maximum Gasteiger partial charge on any atom is 0.306 e. The number of phosphoric ester groups is 1. The lowest BCUT2D eigenvalue weighted by molar-refractivity contribution is -0.870. The van der Waals surface area contributed by atoms with Crippen LogP contribution in [0, 0.1) is 0 Å². The molecule has 0 spiro atoms. The van der Waals surface area contributed by atoms with Crippen molar-refractivity contribution in [2.24, 2.45) is 0 Å². The van der Waals surface area contributed by atoms with Gasteiger partial charge in [-0.05, 0) is 57.8 Å². The number of phosphoric acid groups is 1. The Labute approximate surface area is 364 Å². The van der Waals surface area contributed by atoms with Crippen LogP contribution in [0.25, 0.3) is 0 Å². The van der Waals surface area contributed by atoms with E-state index in [2.05, 4.69) is 74.6 Å². The van der Waals surface area contributed by atoms with Crippen LogP contribution in [0.4, 0.5) is 0 Å². The summed E-state index contributed by atoms with van der Waals surface area (Å²) in [5, 5.41) is 0. The van der Waals surface area contributed by atoms with Crippen LogP contribution in [0.1, 0.15) is 194 Å². The maximum absolute atomic E-state index is 12.7. The quantitative estimate of drug-likeness (QED) is 0.0198. The van der Waals surface area contributed by atoms with Crippen molar-refractivity contribution in [1.29, 1.82) is 0 Å². The highest BCUT2D eigenvalue weighted by Gasteiger charge is 2.20. The molecule has 59 heavy (non-hydrogen) atoms. The van der Waals surface area contributed by atoms with E-state index >= 15 is 0 Å². The fraction of sp³-hybridized carbons (Fsp3) is 0.780. The van der Waals surface area contributed by atoms with Crippen LogP contribution in [0.2, 0.25) is 0 Å². The zero-order valence-corrected chi connectivity index (χ0v) is 39.8. The Morgan fingerprint density at radius 2 is 0.983 bits per heavy atom. The number of rotatable bonds is 44. The molecule has 0 bridgehead atoms. The van der Waals surface area contributed by atoms with Crippen LogP contribution < -0.4 is 4.89 Å². The van der Waals surface area contributed by atoms with Gasteiger partial charge in [-0.25, -0.2) is 0 Å². The van der Waals surface area contributed by atoms with E-state index in [1.807, 2.05) is 21.1 Å². The number of nitrogens with zero attached hydrogens (tertiary/aromatic N) is 1. The fourth-order valence-electron chi connectivity index (χ4n) is 6.40. The number of allylic oxidation sites excluding steroid dienone is 10. The van der Waals surface area contributed by atoms with Crippen molar-refractivity contribution in [3.8, 4) is 0 Å². The number of carbonyl (C=O) groups excluding carboxylic acids is 1. The summed E-state index contributed by atoms with van der Waals surface area (Å²) < 4.78 is 34.7. The first-order valence-corrected chi connectivity index (χ1v) is 25.5. The SMILES string of the molecule is CC/C=C\C/C=C\C/C=C\C/C=C\C/C=C\CCCCCCOCC(COP(=O)([O-])OCC[N+](C)(C)C)OC(=O)CCCCCCCCCCCCCCCCCCC. The number of unbranched alkanes of at least 4 members (excludes halogenated alkanes) is 20. The smallest absolute Gasteiger partial charge is 0.306 e. The number of ether oxygens (including phenoxy) is 2. The van der Waals surface area contributed by atoms with E-state index in [0.29, 0.717) is 24.1 Å². The minimum atomic E-state index is -4.54. The van der Waals surface area contributed by atoms with Crippen molar-refractivity contribution in [3.63, 3.8) is 0 Å². The number of esters is 1. The molecule has 0 aliphatic heterocycles. The van der Waals surface area contributed by atoms with Gasteiger partial charge in [-0.3, -0.25) is 9.36 Å². The minimum absolute atomic E-state index is 0.0195. The summed E-state index contributed by atoms with van der Waals surface area (Å²) in [6.07, 6.45) is 53.8. The molecule has 2 atom stereocenters. The second kappa shape index (κ2) is 42.9.